The number of carbonyl (C=O) groups excluding carboxylic acids is 1. The number of hydrogen-bond donors (Lipinski definition) is 1. The average molecular weight is 160 g/mol. The smallest absolute Gasteiger partial charge is 0.153 e. The first-order valence-electron chi connectivity index (χ1n) is 3.79. The maximum atomic E-state index is 10.4. The first-order chi connectivity index (χ1) is 5.81. The summed E-state index contributed by atoms with van der Waals surface area (Å²) in [5, 5.41) is 9.19. The van der Waals surface area contributed by atoms with E-state index >= 15 is 0 Å². The van der Waals surface area contributed by atoms with Crippen molar-refractivity contribution >= 4 is 11.9 Å². The van der Waals surface area contributed by atoms with Crippen LogP contribution in [0.1, 0.15) is 22.3 Å². The molecule has 0 saturated carbocycles. The molecule has 0 spiro atoms. The van der Waals surface area contributed by atoms with Crippen LogP contribution in [0.5, 0.6) is 5.75 Å². The molecule has 0 bridgehead atoms. The molecule has 0 aliphatic heterocycles. The van der Waals surface area contributed by atoms with E-state index in [4.69, 9.17) is 0 Å². The highest BCUT2D eigenvalue weighted by Gasteiger charge is 2.11. The molecule has 2 rings (SSSR count). The van der Waals surface area contributed by atoms with Crippen molar-refractivity contribution in [1.82, 2.24) is 0 Å². The Bertz CT molecular complexity index is 364. The number of phenolic OH excluding ortho intramolecular Hbond substituents is 1. The fraction of sp³-hybridized carbons (Fsp3) is 0.100. The van der Waals surface area contributed by atoms with Crippen molar-refractivity contribution in [3.63, 3.8) is 0 Å². The van der Waals surface area contributed by atoms with Crippen molar-refractivity contribution in [1.29, 1.82) is 0 Å². The molecule has 0 amide bonds. The van der Waals surface area contributed by atoms with Crippen LogP contribution in [0, 0.1) is 0 Å². The monoisotopic (exact) mass is 160 g/mol. The summed E-state index contributed by atoms with van der Waals surface area (Å²) in [4.78, 5) is 10.4. The molecule has 1 aliphatic carbocycles. The van der Waals surface area contributed by atoms with Crippen LogP contribution in [0.25, 0.3) is 5.57 Å². The lowest BCUT2D eigenvalue weighted by Crippen LogP contribution is -1.83. The Morgan fingerprint density at radius 2 is 2.17 bits per heavy atom. The molecule has 1 aliphatic rings. The molecule has 60 valence electrons. The van der Waals surface area contributed by atoms with Gasteiger partial charge in [0.25, 0.3) is 0 Å². The van der Waals surface area contributed by atoms with Crippen LogP contribution in [-0.2, 0) is 0 Å². The number of benzene rings is 1. The third kappa shape index (κ3) is 1.11. The predicted molar refractivity (Wildman–Crippen MR) is 46.1 cm³/mol. The molecule has 0 radical (unpaired) electrons. The minimum atomic E-state index is 0.0509. The summed E-state index contributed by atoms with van der Waals surface area (Å²) in [6, 6.07) is 5.08. The number of phenols is 1. The highest BCUT2D eigenvalue weighted by Crippen LogP contribution is 2.32. The van der Waals surface area contributed by atoms with E-state index in [1.54, 1.807) is 12.1 Å². The average Bonchev–Trinajstić information content (AvgIpc) is 2.88. The molecule has 0 heterocycles. The van der Waals surface area contributed by atoms with Gasteiger partial charge in [0.2, 0.25) is 0 Å². The van der Waals surface area contributed by atoms with Gasteiger partial charge in [0.1, 0.15) is 5.75 Å². The molecule has 0 aromatic heterocycles. The summed E-state index contributed by atoms with van der Waals surface area (Å²) < 4.78 is 0. The third-order valence-electron chi connectivity index (χ3n) is 1.93. The van der Waals surface area contributed by atoms with Gasteiger partial charge in [-0.15, -0.1) is 0 Å². The van der Waals surface area contributed by atoms with Crippen LogP contribution in [-0.4, -0.2) is 11.4 Å². The zero-order valence-corrected chi connectivity index (χ0v) is 6.45. The zero-order valence-electron chi connectivity index (χ0n) is 6.45. The normalized spacial score (nSPS) is 13.8. The Kier molecular flexibility index (Phi) is 1.47. The molecule has 2 nitrogen and oxygen atoms in total. The van der Waals surface area contributed by atoms with E-state index in [0.717, 1.165) is 12.0 Å². The number of rotatable bonds is 2. The summed E-state index contributed by atoms with van der Waals surface area (Å²) in [6.07, 6.45) is 3.76. The van der Waals surface area contributed by atoms with Crippen molar-refractivity contribution in [2.75, 3.05) is 0 Å². The van der Waals surface area contributed by atoms with Gasteiger partial charge < -0.3 is 5.11 Å². The fourth-order valence-corrected chi connectivity index (χ4v) is 1.14. The van der Waals surface area contributed by atoms with E-state index in [2.05, 4.69) is 6.08 Å². The van der Waals surface area contributed by atoms with Crippen LogP contribution in [0.4, 0.5) is 0 Å². The van der Waals surface area contributed by atoms with Gasteiger partial charge in [-0.05, 0) is 29.7 Å². The molecule has 1 aromatic rings. The van der Waals surface area contributed by atoms with Gasteiger partial charge >= 0.3 is 0 Å². The molecule has 0 unspecified atom stereocenters. The molecule has 0 saturated heterocycles. The largest absolute Gasteiger partial charge is 0.507 e. The van der Waals surface area contributed by atoms with Crippen LogP contribution in [0.3, 0.4) is 0 Å². The van der Waals surface area contributed by atoms with Crippen molar-refractivity contribution in [3.05, 3.63) is 35.4 Å². The maximum absolute atomic E-state index is 10.4. The lowest BCUT2D eigenvalue weighted by Gasteiger charge is -1.98. The summed E-state index contributed by atoms with van der Waals surface area (Å²) in [5.41, 5.74) is 2.65. The Labute approximate surface area is 70.2 Å². The standard InChI is InChI=1S/C10H8O2/c11-6-9-5-8(7-1-2-7)3-4-10(9)12/h1,3-6,12H,2H2. The molecule has 1 aromatic carbocycles. The highest BCUT2D eigenvalue weighted by atomic mass is 16.3. The highest BCUT2D eigenvalue weighted by molar-refractivity contribution is 5.84. The molecule has 0 fully saturated rings. The van der Waals surface area contributed by atoms with Crippen molar-refractivity contribution < 1.29 is 9.90 Å². The second-order valence-electron chi connectivity index (χ2n) is 2.82. The van der Waals surface area contributed by atoms with Gasteiger partial charge in [-0.3, -0.25) is 4.79 Å². The minimum Gasteiger partial charge on any atom is -0.507 e. The Balaban J connectivity index is 2.47. The topological polar surface area (TPSA) is 37.3 Å². The molecule has 2 heteroatoms. The van der Waals surface area contributed by atoms with Gasteiger partial charge in [-0.25, -0.2) is 0 Å². The van der Waals surface area contributed by atoms with E-state index in [9.17, 15) is 9.90 Å². The Morgan fingerprint density at radius 1 is 1.42 bits per heavy atom. The Hall–Kier alpha value is -1.57. The first-order valence-corrected chi connectivity index (χ1v) is 3.79. The maximum Gasteiger partial charge on any atom is 0.153 e. The van der Waals surface area contributed by atoms with Crippen LogP contribution in [0.2, 0.25) is 0 Å². The van der Waals surface area contributed by atoms with Crippen LogP contribution < -0.4 is 0 Å². The zero-order chi connectivity index (χ0) is 8.55. The van der Waals surface area contributed by atoms with E-state index in [0.29, 0.717) is 11.8 Å². The predicted octanol–water partition coefficient (Wildman–Crippen LogP) is 1.99. The van der Waals surface area contributed by atoms with Gasteiger partial charge in [0.05, 0.1) is 5.56 Å². The quantitative estimate of drug-likeness (QED) is 0.672. The van der Waals surface area contributed by atoms with Crippen LogP contribution >= 0.6 is 0 Å². The summed E-state index contributed by atoms with van der Waals surface area (Å²) in [6.45, 7) is 0. The summed E-state index contributed by atoms with van der Waals surface area (Å²) in [7, 11) is 0. The van der Waals surface area contributed by atoms with Crippen molar-refractivity contribution in [3.8, 4) is 5.75 Å². The van der Waals surface area contributed by atoms with E-state index in [1.165, 1.54) is 5.57 Å². The lowest BCUT2D eigenvalue weighted by atomic mass is 10.1. The Morgan fingerprint density at radius 3 is 2.75 bits per heavy atom. The number of aromatic hydroxyl groups is 1. The molecular formula is C10H8O2. The number of carbonyl (C=O) groups is 1. The summed E-state index contributed by atoms with van der Waals surface area (Å²) >= 11 is 0. The second kappa shape index (κ2) is 2.48. The second-order valence-corrected chi connectivity index (χ2v) is 2.82. The summed E-state index contributed by atoms with van der Waals surface area (Å²) in [5.74, 6) is 0.0509. The van der Waals surface area contributed by atoms with Gasteiger partial charge in [-0.1, -0.05) is 12.1 Å². The van der Waals surface area contributed by atoms with E-state index in [1.807, 2.05) is 6.07 Å². The number of hydrogen-bond acceptors (Lipinski definition) is 2. The number of aldehydes is 1. The van der Waals surface area contributed by atoms with Gasteiger partial charge in [-0.2, -0.15) is 0 Å². The third-order valence-corrected chi connectivity index (χ3v) is 1.93. The molecule has 0 atom stereocenters. The molecular weight excluding hydrogens is 152 g/mol. The molecule has 12 heavy (non-hydrogen) atoms. The molecule has 1 N–H and O–H groups in total. The van der Waals surface area contributed by atoms with Crippen LogP contribution in [0.15, 0.2) is 24.3 Å². The first kappa shape index (κ1) is 7.10. The van der Waals surface area contributed by atoms with Gasteiger partial charge in [0, 0.05) is 0 Å². The minimum absolute atomic E-state index is 0.0509. The van der Waals surface area contributed by atoms with E-state index in [-0.39, 0.29) is 5.75 Å². The van der Waals surface area contributed by atoms with Crippen molar-refractivity contribution in [2.45, 2.75) is 6.42 Å². The number of allylic oxidation sites excluding steroid dienone is 2. The van der Waals surface area contributed by atoms with Crippen molar-refractivity contribution in [2.24, 2.45) is 0 Å². The SMILES string of the molecule is O=Cc1cc(C2=CC2)ccc1O. The van der Waals surface area contributed by atoms with E-state index < -0.39 is 0 Å². The fourth-order valence-electron chi connectivity index (χ4n) is 1.14. The van der Waals surface area contributed by atoms with Gasteiger partial charge in [0.15, 0.2) is 6.29 Å². The lowest BCUT2D eigenvalue weighted by molar-refractivity contribution is 0.112.